The van der Waals surface area contributed by atoms with Crippen LogP contribution in [-0.4, -0.2) is 59.2 Å². The van der Waals surface area contributed by atoms with Gasteiger partial charge in [-0.2, -0.15) is 0 Å². The topological polar surface area (TPSA) is 66.7 Å². The molecule has 2 aromatic carbocycles. The molecule has 1 saturated heterocycles. The van der Waals surface area contributed by atoms with Crippen molar-refractivity contribution in [3.8, 4) is 22.1 Å². The summed E-state index contributed by atoms with van der Waals surface area (Å²) in [6.07, 6.45) is 5.50. The van der Waals surface area contributed by atoms with Crippen molar-refractivity contribution in [1.82, 2.24) is 19.4 Å². The molecule has 1 aliphatic heterocycles. The molecule has 0 spiro atoms. The molecule has 0 bridgehead atoms. The van der Waals surface area contributed by atoms with Crippen LogP contribution in [0.1, 0.15) is 0 Å². The van der Waals surface area contributed by atoms with Crippen LogP contribution in [0.4, 0.5) is 20.6 Å². The molecule has 0 saturated carbocycles. The number of thiophene rings is 1. The van der Waals surface area contributed by atoms with Crippen molar-refractivity contribution in [3.05, 3.63) is 85.2 Å². The Morgan fingerprint density at radius 3 is 2.54 bits per heavy atom. The van der Waals surface area contributed by atoms with Crippen LogP contribution in [0.5, 0.6) is 11.5 Å². The first kappa shape index (κ1) is 25.0. The largest absolute Gasteiger partial charge is 0.453 e. The highest BCUT2D eigenvalue weighted by molar-refractivity contribution is 7.22. The molecule has 0 atom stereocenters. The second kappa shape index (κ2) is 10.5. The fourth-order valence-electron chi connectivity index (χ4n) is 4.53. The maximum Gasteiger partial charge on any atom is 0.329 e. The Kier molecular flexibility index (Phi) is 6.72. The number of hydrogen-bond acceptors (Lipinski definition) is 6. The standard InChI is InChI=1S/C29H27FN6O2S/c1-33(2)12-13-34-18-24(32-19-34)27-17-23-28(39-27)26(10-11-31-23)38-25-9-8-21(16-22(25)30)36-15-14-35(29(36)37)20-6-4-3-5-7-20/h3-11,16-19H,12-15H2,1-2H3. The highest BCUT2D eigenvalue weighted by Gasteiger charge is 2.31. The predicted molar refractivity (Wildman–Crippen MR) is 152 cm³/mol. The summed E-state index contributed by atoms with van der Waals surface area (Å²) in [6.45, 7) is 2.77. The Bertz CT molecular complexity index is 1630. The lowest BCUT2D eigenvalue weighted by atomic mass is 10.2. The van der Waals surface area contributed by atoms with Crippen molar-refractivity contribution < 1.29 is 13.9 Å². The van der Waals surface area contributed by atoms with E-state index in [0.29, 0.717) is 24.5 Å². The highest BCUT2D eigenvalue weighted by Crippen LogP contribution is 2.39. The summed E-state index contributed by atoms with van der Waals surface area (Å²) < 4.78 is 24.1. The molecule has 0 radical (unpaired) electrons. The van der Waals surface area contributed by atoms with Crippen LogP contribution >= 0.6 is 11.3 Å². The van der Waals surface area contributed by atoms with Crippen LogP contribution in [0.25, 0.3) is 20.8 Å². The Labute approximate surface area is 229 Å². The van der Waals surface area contributed by atoms with Gasteiger partial charge in [0.1, 0.15) is 5.75 Å². The summed E-state index contributed by atoms with van der Waals surface area (Å²) >= 11 is 1.51. The van der Waals surface area contributed by atoms with Crippen LogP contribution in [0, 0.1) is 5.82 Å². The minimum Gasteiger partial charge on any atom is -0.453 e. The Morgan fingerprint density at radius 1 is 0.974 bits per heavy atom. The van der Waals surface area contributed by atoms with Crippen LogP contribution in [0.15, 0.2) is 79.4 Å². The fourth-order valence-corrected chi connectivity index (χ4v) is 5.56. The summed E-state index contributed by atoms with van der Waals surface area (Å²) in [7, 11) is 4.08. The number of rotatable bonds is 8. The summed E-state index contributed by atoms with van der Waals surface area (Å²) in [5, 5.41) is 0. The number of pyridine rings is 1. The first-order valence-electron chi connectivity index (χ1n) is 12.6. The van der Waals surface area contributed by atoms with E-state index in [-0.39, 0.29) is 11.8 Å². The summed E-state index contributed by atoms with van der Waals surface area (Å²) in [6, 6.07) is 17.6. The maximum atomic E-state index is 15.2. The van der Waals surface area contributed by atoms with Crippen molar-refractivity contribution in [1.29, 1.82) is 0 Å². The zero-order valence-corrected chi connectivity index (χ0v) is 22.4. The number of halogens is 1. The molecule has 39 heavy (non-hydrogen) atoms. The number of aromatic nitrogens is 3. The number of hydrogen-bond donors (Lipinski definition) is 0. The zero-order chi connectivity index (χ0) is 26.9. The van der Waals surface area contributed by atoms with Gasteiger partial charge >= 0.3 is 6.03 Å². The Morgan fingerprint density at radius 2 is 1.77 bits per heavy atom. The lowest BCUT2D eigenvalue weighted by Gasteiger charge is -2.19. The predicted octanol–water partition coefficient (Wildman–Crippen LogP) is 6.10. The fraction of sp³-hybridized carbons (Fsp3) is 0.207. The quantitative estimate of drug-likeness (QED) is 0.237. The number of anilines is 2. The first-order chi connectivity index (χ1) is 19.0. The summed E-state index contributed by atoms with van der Waals surface area (Å²) in [5.41, 5.74) is 2.93. The molecule has 3 aromatic heterocycles. The number of fused-ring (bicyclic) bond motifs is 1. The number of urea groups is 1. The number of para-hydroxylation sites is 1. The van der Waals surface area contributed by atoms with Crippen molar-refractivity contribution in [2.24, 2.45) is 0 Å². The summed E-state index contributed by atoms with van der Waals surface area (Å²) in [4.78, 5) is 28.4. The van der Waals surface area contributed by atoms with Crippen molar-refractivity contribution in [2.75, 3.05) is 43.5 Å². The van der Waals surface area contributed by atoms with E-state index in [1.807, 2.05) is 63.0 Å². The lowest BCUT2D eigenvalue weighted by Crippen LogP contribution is -2.31. The van der Waals surface area contributed by atoms with E-state index in [4.69, 9.17) is 4.74 Å². The van der Waals surface area contributed by atoms with Crippen molar-refractivity contribution in [2.45, 2.75) is 6.54 Å². The number of carbonyl (C=O) groups is 1. The van der Waals surface area contributed by atoms with Gasteiger partial charge in [0, 0.05) is 62.1 Å². The monoisotopic (exact) mass is 542 g/mol. The van der Waals surface area contributed by atoms with Gasteiger partial charge in [0.25, 0.3) is 0 Å². The SMILES string of the molecule is CN(C)CCn1cnc(-c2cc3nccc(Oc4ccc(N5CCN(c6ccccc6)C5=O)cc4F)c3s2)c1. The van der Waals surface area contributed by atoms with Gasteiger partial charge < -0.3 is 14.2 Å². The van der Waals surface area contributed by atoms with Crippen LogP contribution in [0.2, 0.25) is 0 Å². The molecule has 10 heteroatoms. The van der Waals surface area contributed by atoms with Gasteiger partial charge in [0.15, 0.2) is 11.6 Å². The molecule has 0 unspecified atom stereocenters. The molecule has 2 amide bonds. The van der Waals surface area contributed by atoms with Gasteiger partial charge in [-0.05, 0) is 44.4 Å². The van der Waals surface area contributed by atoms with E-state index in [9.17, 15) is 4.79 Å². The van der Waals surface area contributed by atoms with E-state index < -0.39 is 5.82 Å². The molecular formula is C29H27FN6O2S. The van der Waals surface area contributed by atoms with Crippen LogP contribution in [-0.2, 0) is 6.54 Å². The molecule has 1 aliphatic rings. The van der Waals surface area contributed by atoms with Gasteiger partial charge in [-0.15, -0.1) is 11.3 Å². The van der Waals surface area contributed by atoms with E-state index in [0.717, 1.165) is 39.6 Å². The third-order valence-corrected chi connectivity index (χ3v) is 7.75. The average molecular weight is 543 g/mol. The minimum absolute atomic E-state index is 0.0840. The molecule has 6 rings (SSSR count). The zero-order valence-electron chi connectivity index (χ0n) is 21.6. The minimum atomic E-state index is -0.542. The number of amides is 2. The normalized spacial score (nSPS) is 13.7. The lowest BCUT2D eigenvalue weighted by molar-refractivity contribution is 0.256. The molecule has 0 aliphatic carbocycles. The first-order valence-corrected chi connectivity index (χ1v) is 13.4. The number of carbonyl (C=O) groups excluding carboxylic acids is 1. The molecule has 198 valence electrons. The van der Waals surface area contributed by atoms with Gasteiger partial charge in [0.2, 0.25) is 0 Å². The summed E-state index contributed by atoms with van der Waals surface area (Å²) in [5.74, 6) is 0.0583. The molecule has 5 aromatic rings. The number of imidazole rings is 1. The number of likely N-dealkylation sites (N-methyl/N-ethyl adjacent to an activating group) is 1. The molecule has 0 N–H and O–H groups in total. The third kappa shape index (κ3) is 5.08. The molecule has 8 nitrogen and oxygen atoms in total. The van der Waals surface area contributed by atoms with Crippen LogP contribution in [0.3, 0.4) is 0 Å². The van der Waals surface area contributed by atoms with E-state index in [1.165, 1.54) is 17.4 Å². The van der Waals surface area contributed by atoms with Crippen molar-refractivity contribution in [3.63, 3.8) is 0 Å². The van der Waals surface area contributed by atoms with Gasteiger partial charge in [-0.3, -0.25) is 14.8 Å². The van der Waals surface area contributed by atoms with Crippen LogP contribution < -0.4 is 14.5 Å². The van der Waals surface area contributed by atoms with E-state index in [2.05, 4.69) is 19.4 Å². The van der Waals surface area contributed by atoms with Gasteiger partial charge in [-0.25, -0.2) is 14.2 Å². The van der Waals surface area contributed by atoms with E-state index in [1.54, 1.807) is 34.2 Å². The maximum absolute atomic E-state index is 15.2. The third-order valence-electron chi connectivity index (χ3n) is 6.59. The average Bonchev–Trinajstić information content (AvgIpc) is 3.67. The molecular weight excluding hydrogens is 515 g/mol. The Hall–Kier alpha value is -4.28. The van der Waals surface area contributed by atoms with E-state index >= 15 is 4.39 Å². The number of benzene rings is 2. The van der Waals surface area contributed by atoms with Gasteiger partial charge in [-0.1, -0.05) is 18.2 Å². The van der Waals surface area contributed by atoms with Gasteiger partial charge in [0.05, 0.1) is 27.1 Å². The van der Waals surface area contributed by atoms with Crippen molar-refractivity contribution >= 4 is 39.0 Å². The molecule has 4 heterocycles. The smallest absolute Gasteiger partial charge is 0.329 e. The highest BCUT2D eigenvalue weighted by atomic mass is 32.1. The second-order valence-corrected chi connectivity index (χ2v) is 10.6. The Balaban J connectivity index is 1.21. The second-order valence-electron chi connectivity index (χ2n) is 9.57. The molecule has 1 fully saturated rings. The number of nitrogens with zero attached hydrogens (tertiary/aromatic N) is 6. The number of ether oxygens (including phenoxy) is 1.